The highest BCUT2D eigenvalue weighted by Crippen LogP contribution is 2.37. The summed E-state index contributed by atoms with van der Waals surface area (Å²) in [7, 11) is 1.48. The minimum absolute atomic E-state index is 0.0222. The number of rotatable bonds is 7. The van der Waals surface area contributed by atoms with E-state index in [4.69, 9.17) is 21.1 Å². The van der Waals surface area contributed by atoms with Gasteiger partial charge in [0.1, 0.15) is 23.0 Å². The van der Waals surface area contributed by atoms with E-state index in [0.29, 0.717) is 40.1 Å². The second kappa shape index (κ2) is 9.34. The molecule has 1 heterocycles. The van der Waals surface area contributed by atoms with Gasteiger partial charge in [-0.05, 0) is 55.0 Å². The molecular weight excluding hydrogens is 447 g/mol. The van der Waals surface area contributed by atoms with E-state index >= 15 is 0 Å². The fraction of sp³-hybridized carbons (Fsp3) is 0.120. The molecule has 0 saturated carbocycles. The number of benzene rings is 3. The van der Waals surface area contributed by atoms with Crippen molar-refractivity contribution in [1.82, 2.24) is 0 Å². The molecule has 2 amide bonds. The highest BCUT2D eigenvalue weighted by molar-refractivity contribution is 6.46. The van der Waals surface area contributed by atoms with Crippen LogP contribution in [-0.4, -0.2) is 25.5 Å². The summed E-state index contributed by atoms with van der Waals surface area (Å²) in [5, 5.41) is 3.43. The minimum Gasteiger partial charge on any atom is -0.495 e. The van der Waals surface area contributed by atoms with E-state index in [1.165, 1.54) is 31.4 Å². The van der Waals surface area contributed by atoms with E-state index in [0.717, 1.165) is 4.90 Å². The van der Waals surface area contributed by atoms with Crippen molar-refractivity contribution >= 4 is 40.4 Å². The quantitative estimate of drug-likeness (QED) is 0.480. The predicted octanol–water partition coefficient (Wildman–Crippen LogP) is 5.28. The molecule has 3 aromatic carbocycles. The third-order valence-corrected chi connectivity index (χ3v) is 5.26. The van der Waals surface area contributed by atoms with Crippen LogP contribution < -0.4 is 19.7 Å². The molecule has 3 aromatic rings. The Bertz CT molecular complexity index is 1260. The van der Waals surface area contributed by atoms with Crippen LogP contribution in [0.5, 0.6) is 11.5 Å². The molecule has 6 nitrogen and oxygen atoms in total. The van der Waals surface area contributed by atoms with E-state index in [9.17, 15) is 14.0 Å². The lowest BCUT2D eigenvalue weighted by atomic mass is 10.0. The molecule has 0 aromatic heterocycles. The predicted molar refractivity (Wildman–Crippen MR) is 125 cm³/mol. The van der Waals surface area contributed by atoms with Crippen LogP contribution in [0.15, 0.2) is 72.4 Å². The molecule has 1 N–H and O–H groups in total. The fourth-order valence-corrected chi connectivity index (χ4v) is 3.73. The molecule has 4 rings (SSSR count). The van der Waals surface area contributed by atoms with Crippen LogP contribution >= 0.6 is 11.6 Å². The van der Waals surface area contributed by atoms with E-state index in [1.54, 1.807) is 42.5 Å². The zero-order chi connectivity index (χ0) is 23.5. The van der Waals surface area contributed by atoms with Gasteiger partial charge in [0.25, 0.3) is 11.8 Å². The molecule has 8 heteroatoms. The maximum Gasteiger partial charge on any atom is 0.282 e. The summed E-state index contributed by atoms with van der Waals surface area (Å²) < 4.78 is 24.4. The summed E-state index contributed by atoms with van der Waals surface area (Å²) in [5.41, 5.74) is 1.27. The summed E-state index contributed by atoms with van der Waals surface area (Å²) in [4.78, 5) is 28.1. The third kappa shape index (κ3) is 4.40. The molecule has 1 aliphatic rings. The van der Waals surface area contributed by atoms with E-state index in [2.05, 4.69) is 5.32 Å². The molecule has 0 spiro atoms. The zero-order valence-electron chi connectivity index (χ0n) is 17.9. The number of carbonyl (C=O) groups excluding carboxylic acids is 2. The van der Waals surface area contributed by atoms with Crippen molar-refractivity contribution in [3.05, 3.63) is 88.8 Å². The molecule has 0 fully saturated rings. The molecule has 33 heavy (non-hydrogen) atoms. The van der Waals surface area contributed by atoms with Gasteiger partial charge < -0.3 is 14.8 Å². The van der Waals surface area contributed by atoms with Gasteiger partial charge in [0.05, 0.1) is 30.7 Å². The Labute approximate surface area is 195 Å². The number of methoxy groups -OCH3 is 1. The number of nitrogens with zero attached hydrogens (tertiary/aromatic N) is 1. The Hall–Kier alpha value is -3.84. The lowest BCUT2D eigenvalue weighted by Crippen LogP contribution is -2.32. The second-order valence-electron chi connectivity index (χ2n) is 7.10. The topological polar surface area (TPSA) is 67.9 Å². The van der Waals surface area contributed by atoms with Crippen LogP contribution in [-0.2, 0) is 9.59 Å². The van der Waals surface area contributed by atoms with Gasteiger partial charge in [-0.1, -0.05) is 29.8 Å². The second-order valence-corrected chi connectivity index (χ2v) is 7.54. The van der Waals surface area contributed by atoms with Gasteiger partial charge in [0, 0.05) is 11.1 Å². The molecule has 168 valence electrons. The number of anilines is 2. The summed E-state index contributed by atoms with van der Waals surface area (Å²) in [6.45, 7) is 2.28. The molecule has 1 aliphatic heterocycles. The Kier molecular flexibility index (Phi) is 6.33. The van der Waals surface area contributed by atoms with Gasteiger partial charge in [-0.25, -0.2) is 9.29 Å². The summed E-state index contributed by atoms with van der Waals surface area (Å²) in [5.74, 6) is -0.624. The van der Waals surface area contributed by atoms with Gasteiger partial charge in [0.2, 0.25) is 0 Å². The Morgan fingerprint density at radius 3 is 2.45 bits per heavy atom. The van der Waals surface area contributed by atoms with Crippen LogP contribution in [0.1, 0.15) is 12.5 Å². The maximum atomic E-state index is 13.6. The summed E-state index contributed by atoms with van der Waals surface area (Å²) in [6.07, 6.45) is 0. The molecule has 0 bridgehead atoms. The van der Waals surface area contributed by atoms with Gasteiger partial charge >= 0.3 is 0 Å². The van der Waals surface area contributed by atoms with Crippen molar-refractivity contribution in [3.63, 3.8) is 0 Å². The molecule has 0 saturated heterocycles. The summed E-state index contributed by atoms with van der Waals surface area (Å²) >= 11 is 6.14. The van der Waals surface area contributed by atoms with Crippen molar-refractivity contribution in [2.24, 2.45) is 0 Å². The summed E-state index contributed by atoms with van der Waals surface area (Å²) in [6, 6.07) is 16.9. The SMILES string of the molecule is CCOc1cccc(N2C(=O)C(Nc3cc(Cl)ccc3OC)=C(c3ccc(F)cc3)C2=O)c1. The Morgan fingerprint density at radius 1 is 1.00 bits per heavy atom. The normalized spacial score (nSPS) is 13.5. The third-order valence-electron chi connectivity index (χ3n) is 5.02. The molecule has 0 unspecified atom stereocenters. The first kappa shape index (κ1) is 22.4. The van der Waals surface area contributed by atoms with Crippen molar-refractivity contribution in [3.8, 4) is 11.5 Å². The van der Waals surface area contributed by atoms with Crippen LogP contribution in [0.3, 0.4) is 0 Å². The van der Waals surface area contributed by atoms with Gasteiger partial charge in [-0.3, -0.25) is 9.59 Å². The number of imide groups is 1. The number of halogens is 2. The average molecular weight is 467 g/mol. The maximum absolute atomic E-state index is 13.6. The first-order valence-corrected chi connectivity index (χ1v) is 10.5. The van der Waals surface area contributed by atoms with E-state index in [1.807, 2.05) is 6.92 Å². The first-order chi connectivity index (χ1) is 15.9. The number of carbonyl (C=O) groups is 2. The minimum atomic E-state index is -0.574. The Balaban J connectivity index is 1.83. The Morgan fingerprint density at radius 2 is 1.76 bits per heavy atom. The standard InChI is InChI=1S/C25H20ClFN2O4/c1-3-33-19-6-4-5-18(14-19)29-24(30)22(15-7-10-17(27)11-8-15)23(25(29)31)28-20-13-16(26)9-12-21(20)32-2/h4-14,28H,3H2,1-2H3. The first-order valence-electron chi connectivity index (χ1n) is 10.2. The van der Waals surface area contributed by atoms with E-state index < -0.39 is 17.6 Å². The molecule has 0 atom stereocenters. The van der Waals surface area contributed by atoms with Crippen molar-refractivity contribution in [2.45, 2.75) is 6.92 Å². The number of hydrogen-bond acceptors (Lipinski definition) is 5. The number of hydrogen-bond donors (Lipinski definition) is 1. The lowest BCUT2D eigenvalue weighted by molar-refractivity contribution is -0.120. The molecule has 0 aliphatic carbocycles. The van der Waals surface area contributed by atoms with Crippen LogP contribution in [0.25, 0.3) is 5.57 Å². The van der Waals surface area contributed by atoms with Crippen LogP contribution in [0.4, 0.5) is 15.8 Å². The fourth-order valence-electron chi connectivity index (χ4n) is 3.56. The lowest BCUT2D eigenvalue weighted by Gasteiger charge is -2.17. The number of nitrogens with one attached hydrogen (secondary N) is 1. The van der Waals surface area contributed by atoms with Crippen LogP contribution in [0.2, 0.25) is 5.02 Å². The zero-order valence-corrected chi connectivity index (χ0v) is 18.7. The van der Waals surface area contributed by atoms with Crippen molar-refractivity contribution < 1.29 is 23.5 Å². The average Bonchev–Trinajstić information content (AvgIpc) is 3.04. The van der Waals surface area contributed by atoms with Gasteiger partial charge in [-0.2, -0.15) is 0 Å². The number of ether oxygens (including phenoxy) is 2. The smallest absolute Gasteiger partial charge is 0.282 e. The molecule has 0 radical (unpaired) electrons. The van der Waals surface area contributed by atoms with Crippen molar-refractivity contribution in [1.29, 1.82) is 0 Å². The highest BCUT2D eigenvalue weighted by Gasteiger charge is 2.40. The highest BCUT2D eigenvalue weighted by atomic mass is 35.5. The number of amides is 2. The molecular formula is C25H20ClFN2O4. The van der Waals surface area contributed by atoms with E-state index in [-0.39, 0.29) is 11.3 Å². The largest absolute Gasteiger partial charge is 0.495 e. The van der Waals surface area contributed by atoms with Crippen molar-refractivity contribution in [2.75, 3.05) is 23.9 Å². The van der Waals surface area contributed by atoms with Crippen LogP contribution in [0, 0.1) is 5.82 Å². The monoisotopic (exact) mass is 466 g/mol. The van der Waals surface area contributed by atoms with Gasteiger partial charge in [0.15, 0.2) is 0 Å². The van der Waals surface area contributed by atoms with Gasteiger partial charge in [-0.15, -0.1) is 0 Å².